The monoisotopic (exact) mass is 261 g/mol. The largest absolute Gasteiger partial charge is 0.481 e. The second-order valence-corrected chi connectivity index (χ2v) is 3.54. The van der Waals surface area contributed by atoms with Crippen LogP contribution in [-0.2, 0) is 9.59 Å². The molecule has 1 amide bonds. The zero-order valence-corrected chi connectivity index (χ0v) is 9.17. The minimum Gasteiger partial charge on any atom is -0.481 e. The lowest BCUT2D eigenvalue weighted by Gasteiger charge is -2.06. The summed E-state index contributed by atoms with van der Waals surface area (Å²) >= 11 is 0. The zero-order valence-electron chi connectivity index (χ0n) is 9.17. The lowest BCUT2D eigenvalue weighted by atomic mass is 10.2. The molecule has 0 bridgehead atoms. The predicted octanol–water partition coefficient (Wildman–Crippen LogP) is 2.30. The third-order valence-electron chi connectivity index (χ3n) is 2.06. The number of anilines is 1. The van der Waals surface area contributed by atoms with Gasteiger partial charge in [-0.2, -0.15) is 0 Å². The topological polar surface area (TPSA) is 66.4 Å². The molecule has 7 heteroatoms. The number of carboxylic acids is 1. The summed E-state index contributed by atoms with van der Waals surface area (Å²) < 4.78 is 38.7. The molecule has 0 atom stereocenters. The lowest BCUT2D eigenvalue weighted by molar-refractivity contribution is -0.137. The van der Waals surface area contributed by atoms with Crippen molar-refractivity contribution in [1.29, 1.82) is 0 Å². The molecule has 98 valence electrons. The van der Waals surface area contributed by atoms with Crippen molar-refractivity contribution in [2.45, 2.75) is 19.3 Å². The van der Waals surface area contributed by atoms with Gasteiger partial charge in [-0.25, -0.2) is 13.2 Å². The molecule has 1 aromatic carbocycles. The normalized spacial score (nSPS) is 10.2. The smallest absolute Gasteiger partial charge is 0.303 e. The minimum absolute atomic E-state index is 0.0561. The van der Waals surface area contributed by atoms with E-state index < -0.39 is 35.0 Å². The molecule has 0 saturated heterocycles. The van der Waals surface area contributed by atoms with Crippen molar-refractivity contribution in [2.24, 2.45) is 0 Å². The van der Waals surface area contributed by atoms with Crippen LogP contribution in [0.25, 0.3) is 0 Å². The number of halogens is 3. The molecule has 4 nitrogen and oxygen atoms in total. The van der Waals surface area contributed by atoms with Crippen molar-refractivity contribution in [2.75, 3.05) is 5.32 Å². The van der Waals surface area contributed by atoms with Crippen LogP contribution in [-0.4, -0.2) is 17.0 Å². The van der Waals surface area contributed by atoms with E-state index in [9.17, 15) is 22.8 Å². The first-order valence-corrected chi connectivity index (χ1v) is 5.06. The average Bonchev–Trinajstić information content (AvgIpc) is 2.24. The van der Waals surface area contributed by atoms with E-state index in [1.807, 2.05) is 5.32 Å². The van der Waals surface area contributed by atoms with Crippen LogP contribution in [0, 0.1) is 17.5 Å². The molecule has 0 spiro atoms. The zero-order chi connectivity index (χ0) is 13.7. The summed E-state index contributed by atoms with van der Waals surface area (Å²) in [5.74, 6) is -5.56. The fraction of sp³-hybridized carbons (Fsp3) is 0.273. The van der Waals surface area contributed by atoms with E-state index in [2.05, 4.69) is 0 Å². The Balaban J connectivity index is 2.62. The molecule has 0 aliphatic heterocycles. The van der Waals surface area contributed by atoms with Crippen LogP contribution in [0.4, 0.5) is 18.9 Å². The quantitative estimate of drug-likeness (QED) is 0.799. The highest BCUT2D eigenvalue weighted by Crippen LogP contribution is 2.19. The van der Waals surface area contributed by atoms with E-state index in [-0.39, 0.29) is 19.3 Å². The molecular formula is C11H10F3NO3. The van der Waals surface area contributed by atoms with Gasteiger partial charge in [0.15, 0.2) is 11.6 Å². The Morgan fingerprint density at radius 3 is 2.44 bits per heavy atom. The Hall–Kier alpha value is -2.05. The van der Waals surface area contributed by atoms with E-state index >= 15 is 0 Å². The summed E-state index contributed by atoms with van der Waals surface area (Å²) in [5.41, 5.74) is -0.604. The molecule has 2 N–H and O–H groups in total. The number of amides is 1. The van der Waals surface area contributed by atoms with Crippen molar-refractivity contribution >= 4 is 17.6 Å². The molecule has 1 aromatic rings. The summed E-state index contributed by atoms with van der Waals surface area (Å²) in [6.45, 7) is 0. The van der Waals surface area contributed by atoms with Gasteiger partial charge in [0.25, 0.3) is 0 Å². The Kier molecular flexibility index (Phi) is 4.70. The predicted molar refractivity (Wildman–Crippen MR) is 56.4 cm³/mol. The van der Waals surface area contributed by atoms with E-state index in [1.54, 1.807) is 0 Å². The van der Waals surface area contributed by atoms with Crippen molar-refractivity contribution in [3.05, 3.63) is 29.6 Å². The number of carbonyl (C=O) groups excluding carboxylic acids is 1. The fourth-order valence-electron chi connectivity index (χ4n) is 1.26. The van der Waals surface area contributed by atoms with Crippen LogP contribution < -0.4 is 5.32 Å². The highest BCUT2D eigenvalue weighted by Gasteiger charge is 2.13. The second-order valence-electron chi connectivity index (χ2n) is 3.54. The van der Waals surface area contributed by atoms with E-state index in [0.29, 0.717) is 12.1 Å². The Labute approximate surface area is 100 Å². The number of hydrogen-bond donors (Lipinski definition) is 2. The standard InChI is InChI=1S/C11H10F3NO3/c12-6-4-7(13)11(14)8(5-6)15-9(16)2-1-3-10(17)18/h4-5H,1-3H2,(H,15,16)(H,17,18). The maximum absolute atomic E-state index is 13.1. The average molecular weight is 261 g/mol. The molecule has 0 saturated carbocycles. The van der Waals surface area contributed by atoms with Gasteiger partial charge in [-0.3, -0.25) is 9.59 Å². The molecule has 0 aliphatic rings. The highest BCUT2D eigenvalue weighted by atomic mass is 19.2. The second kappa shape index (κ2) is 6.04. The van der Waals surface area contributed by atoms with E-state index in [4.69, 9.17) is 5.11 Å². The minimum atomic E-state index is -1.41. The maximum atomic E-state index is 13.1. The van der Waals surface area contributed by atoms with Gasteiger partial charge in [0.1, 0.15) is 5.82 Å². The lowest BCUT2D eigenvalue weighted by Crippen LogP contribution is -2.13. The summed E-state index contributed by atoms with van der Waals surface area (Å²) in [6.07, 6.45) is -0.335. The van der Waals surface area contributed by atoms with Crippen LogP contribution in [0.3, 0.4) is 0 Å². The van der Waals surface area contributed by atoms with Gasteiger partial charge < -0.3 is 10.4 Å². The third-order valence-corrected chi connectivity index (χ3v) is 2.06. The summed E-state index contributed by atoms with van der Waals surface area (Å²) in [4.78, 5) is 21.4. The number of aliphatic carboxylic acids is 1. The fourth-order valence-corrected chi connectivity index (χ4v) is 1.26. The molecule has 18 heavy (non-hydrogen) atoms. The third kappa shape index (κ3) is 4.08. The van der Waals surface area contributed by atoms with Gasteiger partial charge in [-0.1, -0.05) is 0 Å². The van der Waals surface area contributed by atoms with Gasteiger partial charge in [0.2, 0.25) is 5.91 Å². The number of carboxylic acid groups (broad SMARTS) is 1. The number of hydrogen-bond acceptors (Lipinski definition) is 2. The van der Waals surface area contributed by atoms with Crippen LogP contribution in [0.15, 0.2) is 12.1 Å². The Morgan fingerprint density at radius 2 is 1.83 bits per heavy atom. The molecule has 1 rings (SSSR count). The first kappa shape index (κ1) is 14.0. The van der Waals surface area contributed by atoms with Gasteiger partial charge in [-0.05, 0) is 6.42 Å². The molecule has 0 unspecified atom stereocenters. The SMILES string of the molecule is O=C(O)CCCC(=O)Nc1cc(F)cc(F)c1F. The summed E-state index contributed by atoms with van der Waals surface area (Å²) in [6, 6.07) is 1.00. The summed E-state index contributed by atoms with van der Waals surface area (Å²) in [7, 11) is 0. The van der Waals surface area contributed by atoms with Crippen LogP contribution in [0.2, 0.25) is 0 Å². The first-order chi connectivity index (χ1) is 8.40. The van der Waals surface area contributed by atoms with Crippen LogP contribution in [0.5, 0.6) is 0 Å². The van der Waals surface area contributed by atoms with Crippen molar-refractivity contribution in [1.82, 2.24) is 0 Å². The molecule has 0 aliphatic carbocycles. The van der Waals surface area contributed by atoms with Crippen molar-refractivity contribution in [3.63, 3.8) is 0 Å². The molecule has 0 radical (unpaired) electrons. The Morgan fingerprint density at radius 1 is 1.17 bits per heavy atom. The molecular weight excluding hydrogens is 251 g/mol. The van der Waals surface area contributed by atoms with Crippen LogP contribution >= 0.6 is 0 Å². The van der Waals surface area contributed by atoms with Gasteiger partial charge in [0, 0.05) is 25.0 Å². The molecule has 0 aromatic heterocycles. The summed E-state index contributed by atoms with van der Waals surface area (Å²) in [5, 5.41) is 10.3. The number of benzene rings is 1. The molecule has 0 fully saturated rings. The number of rotatable bonds is 5. The maximum Gasteiger partial charge on any atom is 0.303 e. The first-order valence-electron chi connectivity index (χ1n) is 5.06. The number of carbonyl (C=O) groups is 2. The molecule has 0 heterocycles. The van der Waals surface area contributed by atoms with E-state index in [1.165, 1.54) is 0 Å². The number of nitrogens with one attached hydrogen (secondary N) is 1. The highest BCUT2D eigenvalue weighted by molar-refractivity contribution is 5.91. The van der Waals surface area contributed by atoms with Crippen molar-refractivity contribution in [3.8, 4) is 0 Å². The van der Waals surface area contributed by atoms with Gasteiger partial charge in [-0.15, -0.1) is 0 Å². The van der Waals surface area contributed by atoms with Crippen molar-refractivity contribution < 1.29 is 27.9 Å². The van der Waals surface area contributed by atoms with E-state index in [0.717, 1.165) is 0 Å². The van der Waals surface area contributed by atoms with Gasteiger partial charge in [0.05, 0.1) is 5.69 Å². The van der Waals surface area contributed by atoms with Crippen LogP contribution in [0.1, 0.15) is 19.3 Å². The van der Waals surface area contributed by atoms with Gasteiger partial charge >= 0.3 is 5.97 Å². The Bertz CT molecular complexity index is 477.